The number of benzene rings is 1. The van der Waals surface area contributed by atoms with Gasteiger partial charge in [-0.15, -0.1) is 11.3 Å². The average Bonchev–Trinajstić information content (AvgIpc) is 3.10. The number of hydrogen-bond donors (Lipinski definition) is 0. The number of fused-ring (bicyclic) bond motifs is 1. The molecule has 0 amide bonds. The molecule has 1 heterocycles. The number of thiophene rings is 1. The molecule has 0 bridgehead atoms. The summed E-state index contributed by atoms with van der Waals surface area (Å²) < 4.78 is 1.43. The minimum Gasteiger partial charge on any atom is -0.299 e. The van der Waals surface area contributed by atoms with E-state index in [-0.39, 0.29) is 0 Å². The Bertz CT molecular complexity index is 512. The second-order valence-corrected chi connectivity index (χ2v) is 5.95. The van der Waals surface area contributed by atoms with Gasteiger partial charge < -0.3 is 0 Å². The Labute approximate surface area is 107 Å². The van der Waals surface area contributed by atoms with Gasteiger partial charge in [0.05, 0.1) is 0 Å². The van der Waals surface area contributed by atoms with Crippen molar-refractivity contribution in [2.75, 3.05) is 13.6 Å². The van der Waals surface area contributed by atoms with Crippen molar-refractivity contribution in [3.8, 4) is 0 Å². The number of nitrogens with zero attached hydrogens (tertiary/aromatic N) is 1. The fourth-order valence-electron chi connectivity index (χ4n) is 2.69. The van der Waals surface area contributed by atoms with Gasteiger partial charge in [0.1, 0.15) is 0 Å². The summed E-state index contributed by atoms with van der Waals surface area (Å²) in [5, 5.41) is 3.84. The van der Waals surface area contributed by atoms with Gasteiger partial charge in [0, 0.05) is 10.7 Å². The fraction of sp³-hybridized carbons (Fsp3) is 0.467. The Hall–Kier alpha value is -0.860. The van der Waals surface area contributed by atoms with Crippen molar-refractivity contribution >= 4 is 21.4 Å². The van der Waals surface area contributed by atoms with Crippen LogP contribution in [0.4, 0.5) is 0 Å². The molecule has 2 aromatic rings. The van der Waals surface area contributed by atoms with Crippen LogP contribution in [0.3, 0.4) is 0 Å². The zero-order chi connectivity index (χ0) is 11.8. The van der Waals surface area contributed by atoms with Crippen molar-refractivity contribution in [3.63, 3.8) is 0 Å². The van der Waals surface area contributed by atoms with Gasteiger partial charge >= 0.3 is 0 Å². The van der Waals surface area contributed by atoms with Gasteiger partial charge in [0.2, 0.25) is 0 Å². The van der Waals surface area contributed by atoms with Crippen LogP contribution in [-0.4, -0.2) is 18.5 Å². The topological polar surface area (TPSA) is 3.24 Å². The van der Waals surface area contributed by atoms with E-state index in [0.717, 1.165) is 12.5 Å². The van der Waals surface area contributed by atoms with Gasteiger partial charge in [-0.1, -0.05) is 25.1 Å². The molecule has 3 rings (SSSR count). The predicted molar refractivity (Wildman–Crippen MR) is 75.6 cm³/mol. The molecule has 17 heavy (non-hydrogen) atoms. The van der Waals surface area contributed by atoms with Crippen molar-refractivity contribution < 1.29 is 0 Å². The molecular weight excluding hydrogens is 226 g/mol. The van der Waals surface area contributed by atoms with Crippen LogP contribution in [0.2, 0.25) is 0 Å². The lowest BCUT2D eigenvalue weighted by Gasteiger charge is -2.26. The van der Waals surface area contributed by atoms with E-state index in [4.69, 9.17) is 0 Å². The van der Waals surface area contributed by atoms with E-state index >= 15 is 0 Å². The Morgan fingerprint density at radius 2 is 2.12 bits per heavy atom. The third-order valence-corrected chi connectivity index (χ3v) is 4.85. The van der Waals surface area contributed by atoms with Crippen LogP contribution < -0.4 is 0 Å². The lowest BCUT2D eigenvalue weighted by Crippen LogP contribution is -2.25. The zero-order valence-corrected chi connectivity index (χ0v) is 11.3. The highest BCUT2D eigenvalue weighted by atomic mass is 32.1. The molecule has 1 saturated carbocycles. The summed E-state index contributed by atoms with van der Waals surface area (Å²) in [5.74, 6) is 0.887. The summed E-state index contributed by atoms with van der Waals surface area (Å²) in [6, 6.07) is 9.45. The van der Waals surface area contributed by atoms with E-state index in [1.54, 1.807) is 5.56 Å². The van der Waals surface area contributed by atoms with Gasteiger partial charge in [0.25, 0.3) is 0 Å². The predicted octanol–water partition coefficient (Wildman–Crippen LogP) is 4.30. The van der Waals surface area contributed by atoms with E-state index in [1.807, 2.05) is 11.3 Å². The van der Waals surface area contributed by atoms with Crippen molar-refractivity contribution in [3.05, 3.63) is 35.2 Å². The van der Waals surface area contributed by atoms with Gasteiger partial charge in [-0.2, -0.15) is 0 Å². The van der Waals surface area contributed by atoms with Crippen LogP contribution >= 0.6 is 11.3 Å². The van der Waals surface area contributed by atoms with Crippen LogP contribution in [0.15, 0.2) is 29.6 Å². The van der Waals surface area contributed by atoms with Gasteiger partial charge in [0.15, 0.2) is 0 Å². The lowest BCUT2D eigenvalue weighted by atomic mass is 10.0. The maximum atomic E-state index is 2.51. The van der Waals surface area contributed by atoms with Gasteiger partial charge in [-0.25, -0.2) is 0 Å². The highest BCUT2D eigenvalue weighted by molar-refractivity contribution is 7.17. The van der Waals surface area contributed by atoms with Gasteiger partial charge in [-0.3, -0.25) is 4.90 Å². The first kappa shape index (κ1) is 11.2. The van der Waals surface area contributed by atoms with E-state index in [0.29, 0.717) is 6.04 Å². The van der Waals surface area contributed by atoms with Crippen molar-refractivity contribution in [2.45, 2.75) is 25.8 Å². The van der Waals surface area contributed by atoms with E-state index in [9.17, 15) is 0 Å². The molecule has 0 spiro atoms. The highest BCUT2D eigenvalue weighted by Crippen LogP contribution is 2.46. The molecular formula is C15H19NS. The first-order valence-corrected chi connectivity index (χ1v) is 7.35. The Balaban J connectivity index is 2.05. The minimum absolute atomic E-state index is 0.635. The standard InChI is InChI=1S/C15H19NS/c1-3-16(2)15(11-8-9-11)13-10-17-14-7-5-4-6-12(13)14/h4-7,10-11,15H,3,8-9H2,1-2H3. The molecule has 1 aliphatic carbocycles. The second-order valence-electron chi connectivity index (χ2n) is 5.04. The quantitative estimate of drug-likeness (QED) is 0.776. The monoisotopic (exact) mass is 245 g/mol. The number of rotatable bonds is 4. The van der Waals surface area contributed by atoms with Gasteiger partial charge in [-0.05, 0) is 54.7 Å². The molecule has 2 heteroatoms. The smallest absolute Gasteiger partial charge is 0.0387 e. The summed E-state index contributed by atoms with van der Waals surface area (Å²) in [4.78, 5) is 2.51. The fourth-order valence-corrected chi connectivity index (χ4v) is 3.68. The Kier molecular flexibility index (Phi) is 2.93. The molecule has 0 radical (unpaired) electrons. The van der Waals surface area contributed by atoms with Crippen LogP contribution in [0.25, 0.3) is 10.1 Å². The third kappa shape index (κ3) is 2.00. The molecule has 1 fully saturated rings. The first-order chi connectivity index (χ1) is 8.31. The lowest BCUT2D eigenvalue weighted by molar-refractivity contribution is 0.234. The summed E-state index contributed by atoms with van der Waals surface area (Å²) >= 11 is 1.89. The maximum Gasteiger partial charge on any atom is 0.0387 e. The molecule has 90 valence electrons. The summed E-state index contributed by atoms with van der Waals surface area (Å²) in [6.45, 7) is 3.38. The zero-order valence-electron chi connectivity index (χ0n) is 10.5. The summed E-state index contributed by atoms with van der Waals surface area (Å²) in [6.07, 6.45) is 2.80. The molecule has 1 aromatic heterocycles. The third-order valence-electron chi connectivity index (χ3n) is 3.87. The molecule has 0 N–H and O–H groups in total. The summed E-state index contributed by atoms with van der Waals surface area (Å²) in [7, 11) is 2.26. The van der Waals surface area contributed by atoms with E-state index in [1.165, 1.54) is 22.9 Å². The van der Waals surface area contributed by atoms with Crippen molar-refractivity contribution in [1.82, 2.24) is 4.90 Å². The molecule has 1 aliphatic rings. The van der Waals surface area contributed by atoms with Crippen LogP contribution in [-0.2, 0) is 0 Å². The molecule has 1 atom stereocenters. The second kappa shape index (κ2) is 4.43. The SMILES string of the molecule is CCN(C)C(c1csc2ccccc12)C1CC1. The van der Waals surface area contributed by atoms with E-state index < -0.39 is 0 Å². The average molecular weight is 245 g/mol. The molecule has 1 unspecified atom stereocenters. The molecule has 1 aromatic carbocycles. The highest BCUT2D eigenvalue weighted by Gasteiger charge is 2.35. The van der Waals surface area contributed by atoms with Crippen LogP contribution in [0.5, 0.6) is 0 Å². The van der Waals surface area contributed by atoms with E-state index in [2.05, 4.69) is 48.5 Å². The molecule has 0 aliphatic heterocycles. The summed E-state index contributed by atoms with van der Waals surface area (Å²) in [5.41, 5.74) is 1.55. The maximum absolute atomic E-state index is 2.51. The number of hydrogen-bond acceptors (Lipinski definition) is 2. The Morgan fingerprint density at radius 1 is 1.35 bits per heavy atom. The van der Waals surface area contributed by atoms with Crippen LogP contribution in [0.1, 0.15) is 31.4 Å². The first-order valence-electron chi connectivity index (χ1n) is 6.47. The van der Waals surface area contributed by atoms with Crippen molar-refractivity contribution in [2.24, 2.45) is 5.92 Å². The largest absolute Gasteiger partial charge is 0.299 e. The van der Waals surface area contributed by atoms with Crippen LogP contribution in [0, 0.1) is 5.92 Å². The van der Waals surface area contributed by atoms with Crippen molar-refractivity contribution in [1.29, 1.82) is 0 Å². The molecule has 1 nitrogen and oxygen atoms in total. The molecule has 0 saturated heterocycles. The normalized spacial score (nSPS) is 17.8. The Morgan fingerprint density at radius 3 is 2.82 bits per heavy atom. The minimum atomic E-state index is 0.635.